The van der Waals surface area contributed by atoms with E-state index in [2.05, 4.69) is 16.0 Å². The van der Waals surface area contributed by atoms with Crippen molar-refractivity contribution in [3.63, 3.8) is 0 Å². The predicted molar refractivity (Wildman–Crippen MR) is 118 cm³/mol. The zero-order chi connectivity index (χ0) is 22.0. The van der Waals surface area contributed by atoms with Crippen molar-refractivity contribution in [2.24, 2.45) is 0 Å². The number of urea groups is 1. The summed E-state index contributed by atoms with van der Waals surface area (Å²) in [4.78, 5) is 37.1. The normalized spacial score (nSPS) is 16.9. The van der Waals surface area contributed by atoms with Crippen molar-refractivity contribution in [2.45, 2.75) is 12.0 Å². The molecule has 7 nitrogen and oxygen atoms in total. The number of hydrogen-bond acceptors (Lipinski definition) is 4. The number of benzene rings is 3. The van der Waals surface area contributed by atoms with Gasteiger partial charge < -0.3 is 21.1 Å². The number of aliphatic hydroxyl groups is 1. The van der Waals surface area contributed by atoms with Crippen LogP contribution in [0, 0.1) is 0 Å². The zero-order valence-corrected chi connectivity index (χ0v) is 16.9. The minimum absolute atomic E-state index is 0.311. The molecule has 0 fully saturated rings. The molecule has 4 N–H and O–H groups in total. The second kappa shape index (κ2) is 8.22. The summed E-state index contributed by atoms with van der Waals surface area (Å²) in [5, 5.41) is 19.3. The number of rotatable bonds is 5. The molecular formula is C23H18ClN3O4. The third-order valence-electron chi connectivity index (χ3n) is 4.96. The summed E-state index contributed by atoms with van der Waals surface area (Å²) in [6.07, 6.45) is -0.391. The van der Waals surface area contributed by atoms with Crippen LogP contribution in [0.1, 0.15) is 22.3 Å². The molecule has 0 aliphatic carbocycles. The van der Waals surface area contributed by atoms with Crippen LogP contribution in [0.3, 0.4) is 0 Å². The third kappa shape index (κ3) is 4.28. The van der Waals surface area contributed by atoms with Crippen LogP contribution in [0.2, 0.25) is 5.02 Å². The van der Waals surface area contributed by atoms with Crippen LogP contribution >= 0.6 is 11.6 Å². The van der Waals surface area contributed by atoms with Gasteiger partial charge in [-0.05, 0) is 48.5 Å². The Morgan fingerprint density at radius 1 is 0.935 bits per heavy atom. The summed E-state index contributed by atoms with van der Waals surface area (Å²) in [5.74, 6) is -1.03. The first-order chi connectivity index (χ1) is 14.8. The minimum Gasteiger partial charge on any atom is -0.375 e. The van der Waals surface area contributed by atoms with Gasteiger partial charge in [0.25, 0.3) is 5.91 Å². The van der Waals surface area contributed by atoms with Gasteiger partial charge in [-0.15, -0.1) is 0 Å². The molecule has 0 spiro atoms. The molecule has 1 aliphatic heterocycles. The smallest absolute Gasteiger partial charge is 0.323 e. The number of carbonyl (C=O) groups excluding carboxylic acids is 3. The number of anilines is 3. The van der Waals surface area contributed by atoms with E-state index in [1.54, 1.807) is 60.7 Å². The Kier molecular flexibility index (Phi) is 5.46. The summed E-state index contributed by atoms with van der Waals surface area (Å²) in [7, 11) is 0. The fourth-order valence-corrected chi connectivity index (χ4v) is 3.60. The number of Topliss-reactive ketones (excluding diaryl/α,β-unsaturated/α-hetero) is 1. The van der Waals surface area contributed by atoms with Crippen molar-refractivity contribution in [3.05, 3.63) is 88.9 Å². The molecule has 156 valence electrons. The van der Waals surface area contributed by atoms with Gasteiger partial charge in [-0.3, -0.25) is 9.59 Å². The second-order valence-corrected chi connectivity index (χ2v) is 7.56. The number of amides is 3. The van der Waals surface area contributed by atoms with Crippen LogP contribution in [-0.4, -0.2) is 22.8 Å². The minimum atomic E-state index is -1.92. The largest absolute Gasteiger partial charge is 0.375 e. The molecule has 3 amide bonds. The van der Waals surface area contributed by atoms with E-state index in [-0.39, 0.29) is 0 Å². The van der Waals surface area contributed by atoms with E-state index in [0.717, 1.165) is 0 Å². The van der Waals surface area contributed by atoms with E-state index in [1.165, 1.54) is 12.1 Å². The standard InChI is InChI=1S/C23H18ClN3O4/c24-15-4-3-5-17(12-15)26-22(30)25-16-10-8-14(9-11-16)20(28)13-23(31)18-6-1-2-7-19(18)27-21(23)29/h1-12,31H,13H2,(H,27,29)(H2,25,26,30)/t23-/m1/s1. The highest BCUT2D eigenvalue weighted by Crippen LogP contribution is 2.38. The van der Waals surface area contributed by atoms with Gasteiger partial charge in [0.05, 0.1) is 6.42 Å². The van der Waals surface area contributed by atoms with Crippen molar-refractivity contribution >= 4 is 46.4 Å². The van der Waals surface area contributed by atoms with Crippen molar-refractivity contribution < 1.29 is 19.5 Å². The number of nitrogens with one attached hydrogen (secondary N) is 3. The molecule has 31 heavy (non-hydrogen) atoms. The quantitative estimate of drug-likeness (QED) is 0.445. The Bertz CT molecular complexity index is 1180. The Morgan fingerprint density at radius 3 is 2.39 bits per heavy atom. The Hall–Kier alpha value is -3.68. The first-order valence-electron chi connectivity index (χ1n) is 9.45. The van der Waals surface area contributed by atoms with Crippen LogP contribution in [0.15, 0.2) is 72.8 Å². The van der Waals surface area contributed by atoms with Crippen LogP contribution in [0.25, 0.3) is 0 Å². The Morgan fingerprint density at radius 2 is 1.65 bits per heavy atom. The molecule has 4 rings (SSSR count). The lowest BCUT2D eigenvalue weighted by Crippen LogP contribution is -2.36. The van der Waals surface area contributed by atoms with Crippen LogP contribution in [0.5, 0.6) is 0 Å². The van der Waals surface area contributed by atoms with Crippen molar-refractivity contribution in [1.29, 1.82) is 0 Å². The van der Waals surface area contributed by atoms with Crippen molar-refractivity contribution in [1.82, 2.24) is 0 Å². The average molecular weight is 436 g/mol. The number of hydrogen-bond donors (Lipinski definition) is 4. The van der Waals surface area contributed by atoms with E-state index in [4.69, 9.17) is 11.6 Å². The van der Waals surface area contributed by atoms with E-state index in [1.807, 2.05) is 0 Å². The summed E-state index contributed by atoms with van der Waals surface area (Å²) in [6, 6.07) is 19.2. The number of carbonyl (C=O) groups is 3. The molecule has 0 unspecified atom stereocenters. The van der Waals surface area contributed by atoms with Crippen molar-refractivity contribution in [2.75, 3.05) is 16.0 Å². The maximum atomic E-state index is 12.7. The summed E-state index contributed by atoms with van der Waals surface area (Å²) in [6.45, 7) is 0. The second-order valence-electron chi connectivity index (χ2n) is 7.13. The van der Waals surface area contributed by atoms with E-state index < -0.39 is 29.7 Å². The molecule has 0 saturated heterocycles. The molecule has 1 aliphatic rings. The lowest BCUT2D eigenvalue weighted by Gasteiger charge is -2.20. The maximum Gasteiger partial charge on any atom is 0.323 e. The van der Waals surface area contributed by atoms with Gasteiger partial charge in [-0.2, -0.15) is 0 Å². The maximum absolute atomic E-state index is 12.7. The van der Waals surface area contributed by atoms with Crippen LogP contribution in [-0.2, 0) is 10.4 Å². The number of fused-ring (bicyclic) bond motifs is 1. The van der Waals surface area contributed by atoms with Crippen LogP contribution in [0.4, 0.5) is 21.9 Å². The number of halogens is 1. The fraction of sp³-hybridized carbons (Fsp3) is 0.0870. The molecule has 0 aromatic heterocycles. The molecule has 0 bridgehead atoms. The summed E-state index contributed by atoms with van der Waals surface area (Å²) in [5.41, 5.74) is 0.282. The van der Waals surface area contributed by atoms with E-state index in [9.17, 15) is 19.5 Å². The average Bonchev–Trinajstić information content (AvgIpc) is 2.98. The number of para-hydroxylation sites is 1. The molecule has 0 radical (unpaired) electrons. The third-order valence-corrected chi connectivity index (χ3v) is 5.20. The highest BCUT2D eigenvalue weighted by molar-refractivity contribution is 6.30. The van der Waals surface area contributed by atoms with E-state index in [0.29, 0.717) is 33.2 Å². The lowest BCUT2D eigenvalue weighted by atomic mass is 9.88. The molecule has 1 heterocycles. The summed E-state index contributed by atoms with van der Waals surface area (Å²) >= 11 is 5.90. The Balaban J connectivity index is 1.42. The first-order valence-corrected chi connectivity index (χ1v) is 9.83. The fourth-order valence-electron chi connectivity index (χ4n) is 3.41. The van der Waals surface area contributed by atoms with Crippen molar-refractivity contribution in [3.8, 4) is 0 Å². The SMILES string of the molecule is O=C(Nc1ccc(C(=O)C[C@]2(O)C(=O)Nc3ccccc32)cc1)Nc1cccc(Cl)c1. The molecule has 3 aromatic carbocycles. The molecule has 3 aromatic rings. The van der Waals surface area contributed by atoms with Gasteiger partial charge in [0.15, 0.2) is 11.4 Å². The monoisotopic (exact) mass is 435 g/mol. The molecule has 1 atom stereocenters. The Labute approximate surface area is 183 Å². The molecule has 8 heteroatoms. The molecule has 0 saturated carbocycles. The van der Waals surface area contributed by atoms with Gasteiger partial charge in [-0.25, -0.2) is 4.79 Å². The highest BCUT2D eigenvalue weighted by atomic mass is 35.5. The van der Waals surface area contributed by atoms with Crippen LogP contribution < -0.4 is 16.0 Å². The zero-order valence-electron chi connectivity index (χ0n) is 16.2. The van der Waals surface area contributed by atoms with Gasteiger partial charge in [0.2, 0.25) is 0 Å². The number of ketones is 1. The lowest BCUT2D eigenvalue weighted by molar-refractivity contribution is -0.133. The first kappa shape index (κ1) is 20.6. The van der Waals surface area contributed by atoms with Gasteiger partial charge in [0, 0.05) is 33.2 Å². The van der Waals surface area contributed by atoms with Gasteiger partial charge >= 0.3 is 6.03 Å². The van der Waals surface area contributed by atoms with E-state index >= 15 is 0 Å². The highest BCUT2D eigenvalue weighted by Gasteiger charge is 2.46. The summed E-state index contributed by atoms with van der Waals surface area (Å²) < 4.78 is 0. The van der Waals surface area contributed by atoms with Gasteiger partial charge in [0.1, 0.15) is 0 Å². The van der Waals surface area contributed by atoms with Gasteiger partial charge in [-0.1, -0.05) is 35.9 Å². The molecular weight excluding hydrogens is 418 g/mol. The predicted octanol–water partition coefficient (Wildman–Crippen LogP) is 4.40. The topological polar surface area (TPSA) is 108 Å².